The van der Waals surface area contributed by atoms with Crippen molar-refractivity contribution in [2.24, 2.45) is 0 Å². The van der Waals surface area contributed by atoms with Crippen molar-refractivity contribution in [3.63, 3.8) is 0 Å². The van der Waals surface area contributed by atoms with Crippen molar-refractivity contribution in [1.29, 1.82) is 0 Å². The second-order valence-electron chi connectivity index (χ2n) is 6.23. The number of nitrogens with one attached hydrogen (secondary N) is 1. The van der Waals surface area contributed by atoms with Crippen LogP contribution in [0.15, 0.2) is 29.2 Å². The van der Waals surface area contributed by atoms with E-state index >= 15 is 0 Å². The fourth-order valence-corrected chi connectivity index (χ4v) is 4.07. The molecule has 0 aromatic heterocycles. The maximum atomic E-state index is 12.7. The van der Waals surface area contributed by atoms with Crippen molar-refractivity contribution < 1.29 is 17.9 Å². The van der Waals surface area contributed by atoms with Gasteiger partial charge in [-0.1, -0.05) is 6.92 Å². The molecule has 0 saturated carbocycles. The monoisotopic (exact) mass is 369 g/mol. The number of piperazine rings is 1. The highest BCUT2D eigenvalue weighted by molar-refractivity contribution is 7.89. The first-order valence-electron chi connectivity index (χ1n) is 8.52. The van der Waals surface area contributed by atoms with Gasteiger partial charge in [0.25, 0.3) is 0 Å². The molecule has 1 aromatic rings. The molecule has 25 heavy (non-hydrogen) atoms. The molecule has 1 aliphatic rings. The first-order chi connectivity index (χ1) is 11.9. The van der Waals surface area contributed by atoms with Gasteiger partial charge in [-0.05, 0) is 37.6 Å². The first-order valence-corrected chi connectivity index (χ1v) is 9.96. The van der Waals surface area contributed by atoms with Crippen LogP contribution in [0.25, 0.3) is 0 Å². The summed E-state index contributed by atoms with van der Waals surface area (Å²) in [7, 11) is -1.97. The van der Waals surface area contributed by atoms with Crippen molar-refractivity contribution in [2.75, 3.05) is 39.8 Å². The van der Waals surface area contributed by atoms with Crippen LogP contribution in [0, 0.1) is 0 Å². The van der Waals surface area contributed by atoms with E-state index in [4.69, 9.17) is 4.74 Å². The summed E-state index contributed by atoms with van der Waals surface area (Å²) >= 11 is 0. The summed E-state index contributed by atoms with van der Waals surface area (Å²) in [5.74, 6) is 0.608. The average Bonchev–Trinajstić information content (AvgIpc) is 2.62. The Bertz CT molecular complexity index is 668. The lowest BCUT2D eigenvalue weighted by atomic mass is 10.2. The quantitative estimate of drug-likeness (QED) is 0.773. The summed E-state index contributed by atoms with van der Waals surface area (Å²) in [6, 6.07) is 6.55. The second kappa shape index (κ2) is 8.64. The van der Waals surface area contributed by atoms with Crippen molar-refractivity contribution in [3.05, 3.63) is 24.3 Å². The molecule has 140 valence electrons. The lowest BCUT2D eigenvalue weighted by molar-refractivity contribution is -0.123. The fourth-order valence-electron chi connectivity index (χ4n) is 2.65. The molecular weight excluding hydrogens is 342 g/mol. The molecule has 1 amide bonds. The summed E-state index contributed by atoms with van der Waals surface area (Å²) in [5.41, 5.74) is 0. The SMILES string of the molecule is CCC(C)NC(=O)CN1CCN(S(=O)(=O)c2ccc(OC)cc2)CC1. The zero-order valence-corrected chi connectivity index (χ0v) is 15.9. The number of methoxy groups -OCH3 is 1. The standard InChI is InChI=1S/C17H27N3O4S/c1-4-14(2)18-17(21)13-19-9-11-20(12-10-19)25(22,23)16-7-5-15(24-3)6-8-16/h5-8,14H,4,9-13H2,1-3H3,(H,18,21). The molecule has 0 bridgehead atoms. The minimum absolute atomic E-state index is 0.0131. The highest BCUT2D eigenvalue weighted by atomic mass is 32.2. The lowest BCUT2D eigenvalue weighted by Crippen LogP contribution is -2.51. The number of rotatable bonds is 7. The van der Waals surface area contributed by atoms with E-state index in [0.717, 1.165) is 6.42 Å². The molecule has 0 radical (unpaired) electrons. The molecule has 1 fully saturated rings. The van der Waals surface area contributed by atoms with E-state index in [0.29, 0.717) is 38.5 Å². The van der Waals surface area contributed by atoms with Gasteiger partial charge in [-0.15, -0.1) is 0 Å². The van der Waals surface area contributed by atoms with E-state index in [1.54, 1.807) is 31.4 Å². The van der Waals surface area contributed by atoms with Crippen LogP contribution >= 0.6 is 0 Å². The molecule has 2 rings (SSSR count). The Hall–Kier alpha value is -1.64. The van der Waals surface area contributed by atoms with Crippen molar-refractivity contribution in [1.82, 2.24) is 14.5 Å². The molecule has 0 spiro atoms. The number of carbonyl (C=O) groups is 1. The van der Waals surface area contributed by atoms with Gasteiger partial charge in [0, 0.05) is 32.2 Å². The fraction of sp³-hybridized carbons (Fsp3) is 0.588. The number of carbonyl (C=O) groups excluding carboxylic acids is 1. The Labute approximate surface area is 150 Å². The average molecular weight is 369 g/mol. The third kappa shape index (κ3) is 5.17. The van der Waals surface area contributed by atoms with Crippen LogP contribution in [0.1, 0.15) is 20.3 Å². The third-order valence-electron chi connectivity index (χ3n) is 4.42. The Balaban J connectivity index is 1.91. The molecule has 1 aromatic carbocycles. The van der Waals surface area contributed by atoms with Crippen molar-refractivity contribution in [3.8, 4) is 5.75 Å². The van der Waals surface area contributed by atoms with Gasteiger partial charge in [-0.3, -0.25) is 9.69 Å². The second-order valence-corrected chi connectivity index (χ2v) is 8.17. The van der Waals surface area contributed by atoms with Crippen LogP contribution in [0.4, 0.5) is 0 Å². The van der Waals surface area contributed by atoms with E-state index in [-0.39, 0.29) is 16.8 Å². The highest BCUT2D eigenvalue weighted by Gasteiger charge is 2.29. The van der Waals surface area contributed by atoms with Gasteiger partial charge in [-0.25, -0.2) is 8.42 Å². The Kier molecular flexibility index (Phi) is 6.80. The van der Waals surface area contributed by atoms with E-state index in [1.165, 1.54) is 4.31 Å². The molecule has 0 aliphatic carbocycles. The number of benzene rings is 1. The van der Waals surface area contributed by atoms with E-state index < -0.39 is 10.0 Å². The summed E-state index contributed by atoms with van der Waals surface area (Å²) < 4.78 is 31.9. The van der Waals surface area contributed by atoms with Gasteiger partial charge >= 0.3 is 0 Å². The first kappa shape index (κ1) is 19.7. The Morgan fingerprint density at radius 1 is 1.20 bits per heavy atom. The largest absolute Gasteiger partial charge is 0.497 e. The van der Waals surface area contributed by atoms with Crippen LogP contribution in [0.5, 0.6) is 5.75 Å². The summed E-state index contributed by atoms with van der Waals surface area (Å²) in [6.45, 7) is 6.15. The van der Waals surface area contributed by atoms with Crippen LogP contribution in [-0.4, -0.2) is 69.4 Å². The van der Waals surface area contributed by atoms with Gasteiger partial charge in [0.2, 0.25) is 15.9 Å². The van der Waals surface area contributed by atoms with Crippen LogP contribution in [-0.2, 0) is 14.8 Å². The Morgan fingerprint density at radius 2 is 1.80 bits per heavy atom. The summed E-state index contributed by atoms with van der Waals surface area (Å²) in [4.78, 5) is 14.2. The molecule has 1 heterocycles. The maximum absolute atomic E-state index is 12.7. The number of sulfonamides is 1. The smallest absolute Gasteiger partial charge is 0.243 e. The number of ether oxygens (including phenoxy) is 1. The minimum Gasteiger partial charge on any atom is -0.497 e. The number of hydrogen-bond donors (Lipinski definition) is 1. The molecule has 1 aliphatic heterocycles. The normalized spacial score (nSPS) is 17.9. The van der Waals surface area contributed by atoms with Gasteiger partial charge in [-0.2, -0.15) is 4.31 Å². The predicted octanol–water partition coefficient (Wildman–Crippen LogP) is 0.916. The molecule has 7 nitrogen and oxygen atoms in total. The molecule has 8 heteroatoms. The van der Waals surface area contributed by atoms with E-state index in [9.17, 15) is 13.2 Å². The number of hydrogen-bond acceptors (Lipinski definition) is 5. The van der Waals surface area contributed by atoms with Crippen LogP contribution in [0.3, 0.4) is 0 Å². The number of amides is 1. The van der Waals surface area contributed by atoms with E-state index in [2.05, 4.69) is 5.32 Å². The third-order valence-corrected chi connectivity index (χ3v) is 6.33. The van der Waals surface area contributed by atoms with Gasteiger partial charge < -0.3 is 10.1 Å². The molecular formula is C17H27N3O4S. The van der Waals surface area contributed by atoms with E-state index in [1.807, 2.05) is 18.7 Å². The van der Waals surface area contributed by atoms with Gasteiger partial charge in [0.05, 0.1) is 18.6 Å². The minimum atomic E-state index is -3.51. The van der Waals surface area contributed by atoms with Crippen molar-refractivity contribution in [2.45, 2.75) is 31.2 Å². The van der Waals surface area contributed by atoms with Crippen LogP contribution in [0.2, 0.25) is 0 Å². The lowest BCUT2D eigenvalue weighted by Gasteiger charge is -2.33. The predicted molar refractivity (Wildman–Crippen MR) is 96.1 cm³/mol. The molecule has 1 saturated heterocycles. The molecule has 1 atom stereocenters. The molecule has 1 N–H and O–H groups in total. The summed E-state index contributed by atoms with van der Waals surface area (Å²) in [5, 5.41) is 2.93. The van der Waals surface area contributed by atoms with Gasteiger partial charge in [0.15, 0.2) is 0 Å². The topological polar surface area (TPSA) is 79.0 Å². The zero-order chi connectivity index (χ0) is 18.4. The number of nitrogens with zero attached hydrogens (tertiary/aromatic N) is 2. The van der Waals surface area contributed by atoms with Crippen LogP contribution < -0.4 is 10.1 Å². The highest BCUT2D eigenvalue weighted by Crippen LogP contribution is 2.20. The maximum Gasteiger partial charge on any atom is 0.243 e. The molecule has 1 unspecified atom stereocenters. The zero-order valence-electron chi connectivity index (χ0n) is 15.1. The van der Waals surface area contributed by atoms with Crippen molar-refractivity contribution >= 4 is 15.9 Å². The Morgan fingerprint density at radius 3 is 2.32 bits per heavy atom. The summed E-state index contributed by atoms with van der Waals surface area (Å²) in [6.07, 6.45) is 0.889. The van der Waals surface area contributed by atoms with Gasteiger partial charge in [0.1, 0.15) is 5.75 Å².